The number of anilines is 1. The lowest BCUT2D eigenvalue weighted by Gasteiger charge is -2.32. The van der Waals surface area contributed by atoms with Gasteiger partial charge in [-0.3, -0.25) is 4.99 Å². The topological polar surface area (TPSA) is 39.7 Å². The highest BCUT2D eigenvalue weighted by Gasteiger charge is 2.42. The van der Waals surface area contributed by atoms with E-state index in [-0.39, 0.29) is 42.9 Å². The third-order valence-corrected chi connectivity index (χ3v) is 5.26. The minimum Gasteiger partial charge on any atom is -0.364 e. The average Bonchev–Trinajstić information content (AvgIpc) is 3.20. The van der Waals surface area contributed by atoms with Crippen LogP contribution in [0.15, 0.2) is 41.4 Å². The summed E-state index contributed by atoms with van der Waals surface area (Å²) in [5.41, 5.74) is 2.28. The number of alkyl halides is 3. The van der Waals surface area contributed by atoms with Crippen molar-refractivity contribution in [2.75, 3.05) is 25.0 Å². The smallest absolute Gasteiger partial charge is 0.364 e. The first-order valence-electron chi connectivity index (χ1n) is 9.48. The fourth-order valence-electron chi connectivity index (χ4n) is 3.74. The molecule has 0 bridgehead atoms. The van der Waals surface area contributed by atoms with Gasteiger partial charge < -0.3 is 15.5 Å². The van der Waals surface area contributed by atoms with Crippen LogP contribution < -0.4 is 15.5 Å². The van der Waals surface area contributed by atoms with E-state index >= 15 is 0 Å². The number of hydrogen-bond donors (Lipinski definition) is 2. The average molecular weight is 508 g/mol. The van der Waals surface area contributed by atoms with Gasteiger partial charge >= 0.3 is 6.18 Å². The van der Waals surface area contributed by atoms with Gasteiger partial charge in [-0.2, -0.15) is 13.2 Å². The Labute approximate surface area is 181 Å². The number of hydrogen-bond acceptors (Lipinski definition) is 2. The molecule has 4 nitrogen and oxygen atoms in total. The van der Waals surface area contributed by atoms with Crippen LogP contribution in [0.4, 0.5) is 18.9 Å². The van der Waals surface area contributed by atoms with Gasteiger partial charge in [0.15, 0.2) is 5.96 Å². The van der Waals surface area contributed by atoms with Gasteiger partial charge in [0.25, 0.3) is 0 Å². The van der Waals surface area contributed by atoms with E-state index in [4.69, 9.17) is 0 Å². The number of nitrogens with one attached hydrogen (secondary N) is 2. The fourth-order valence-corrected chi connectivity index (χ4v) is 3.74. The second kappa shape index (κ2) is 10.4. The third kappa shape index (κ3) is 6.28. The van der Waals surface area contributed by atoms with Crippen molar-refractivity contribution in [2.45, 2.75) is 44.4 Å². The summed E-state index contributed by atoms with van der Waals surface area (Å²) in [5.74, 6) is -0.663. The van der Waals surface area contributed by atoms with E-state index in [9.17, 15) is 13.2 Å². The van der Waals surface area contributed by atoms with Gasteiger partial charge in [-0.25, -0.2) is 0 Å². The molecule has 0 radical (unpaired) electrons. The maximum atomic E-state index is 13.0. The van der Waals surface area contributed by atoms with Gasteiger partial charge in [0.05, 0.1) is 5.92 Å². The van der Waals surface area contributed by atoms with Gasteiger partial charge in [-0.05, 0) is 37.0 Å². The van der Waals surface area contributed by atoms with Gasteiger partial charge in [0.1, 0.15) is 0 Å². The number of rotatable bonds is 4. The molecular weight excluding hydrogens is 480 g/mol. The molecule has 1 aliphatic heterocycles. The van der Waals surface area contributed by atoms with Crippen molar-refractivity contribution in [3.05, 3.63) is 42.0 Å². The molecule has 1 fully saturated rings. The van der Waals surface area contributed by atoms with E-state index in [0.717, 1.165) is 25.1 Å². The lowest BCUT2D eigenvalue weighted by Crippen LogP contribution is -2.46. The van der Waals surface area contributed by atoms with Crippen molar-refractivity contribution in [3.63, 3.8) is 0 Å². The van der Waals surface area contributed by atoms with Crippen molar-refractivity contribution in [1.82, 2.24) is 10.6 Å². The van der Waals surface area contributed by atoms with E-state index in [0.29, 0.717) is 18.9 Å². The SMILES string of the molecule is CN=C(NCc1cccc(N2CC=CC2)c1)NC1CCCC(C(F)(F)F)C1.I. The summed E-state index contributed by atoms with van der Waals surface area (Å²) < 4.78 is 39.0. The van der Waals surface area contributed by atoms with Gasteiger partial charge in [0.2, 0.25) is 0 Å². The summed E-state index contributed by atoms with van der Waals surface area (Å²) in [5, 5.41) is 6.39. The zero-order valence-electron chi connectivity index (χ0n) is 16.0. The number of benzene rings is 1. The molecule has 0 saturated heterocycles. The minimum absolute atomic E-state index is 0. The number of nitrogens with zero attached hydrogens (tertiary/aromatic N) is 2. The van der Waals surface area contributed by atoms with Crippen LogP contribution in [0.3, 0.4) is 0 Å². The van der Waals surface area contributed by atoms with E-state index < -0.39 is 12.1 Å². The molecule has 156 valence electrons. The van der Waals surface area contributed by atoms with Crippen LogP contribution in [-0.2, 0) is 6.54 Å². The van der Waals surface area contributed by atoms with Crippen molar-refractivity contribution in [1.29, 1.82) is 0 Å². The third-order valence-electron chi connectivity index (χ3n) is 5.26. The highest BCUT2D eigenvalue weighted by Crippen LogP contribution is 2.37. The molecule has 0 amide bonds. The van der Waals surface area contributed by atoms with Crippen LogP contribution in [0.5, 0.6) is 0 Å². The fraction of sp³-hybridized carbons (Fsp3) is 0.550. The molecule has 1 saturated carbocycles. The van der Waals surface area contributed by atoms with Crippen molar-refractivity contribution >= 4 is 35.6 Å². The van der Waals surface area contributed by atoms with Crippen LogP contribution in [0.1, 0.15) is 31.2 Å². The Hall–Kier alpha value is -1.45. The Kier molecular flexibility index (Phi) is 8.45. The summed E-state index contributed by atoms with van der Waals surface area (Å²) in [7, 11) is 1.64. The Morgan fingerprint density at radius 1 is 1.21 bits per heavy atom. The predicted octanol–water partition coefficient (Wildman–Crippen LogP) is 4.47. The highest BCUT2D eigenvalue weighted by atomic mass is 127. The first-order valence-corrected chi connectivity index (χ1v) is 9.48. The molecule has 1 aromatic rings. The summed E-state index contributed by atoms with van der Waals surface area (Å²) in [6.45, 7) is 2.41. The molecule has 1 aromatic carbocycles. The molecule has 2 aliphatic rings. The van der Waals surface area contributed by atoms with Crippen molar-refractivity contribution in [3.8, 4) is 0 Å². The molecule has 28 heavy (non-hydrogen) atoms. The van der Waals surface area contributed by atoms with Crippen LogP contribution >= 0.6 is 24.0 Å². The predicted molar refractivity (Wildman–Crippen MR) is 118 cm³/mol. The molecule has 0 spiro atoms. The number of halogens is 4. The molecular formula is C20H28F3IN4. The Bertz CT molecular complexity index is 682. The summed E-state index contributed by atoms with van der Waals surface area (Å²) in [4.78, 5) is 6.45. The van der Waals surface area contributed by atoms with Crippen LogP contribution in [0.25, 0.3) is 0 Å². The quantitative estimate of drug-likeness (QED) is 0.273. The van der Waals surface area contributed by atoms with E-state index in [2.05, 4.69) is 44.8 Å². The van der Waals surface area contributed by atoms with E-state index in [1.54, 1.807) is 7.05 Å². The monoisotopic (exact) mass is 508 g/mol. The van der Waals surface area contributed by atoms with Gasteiger partial charge in [-0.15, -0.1) is 24.0 Å². The van der Waals surface area contributed by atoms with Crippen LogP contribution in [-0.4, -0.2) is 38.3 Å². The normalized spacial score (nSPS) is 22.7. The van der Waals surface area contributed by atoms with E-state index in [1.165, 1.54) is 5.69 Å². The first kappa shape index (κ1) is 22.8. The molecule has 2 unspecified atom stereocenters. The van der Waals surface area contributed by atoms with Crippen molar-refractivity contribution in [2.24, 2.45) is 10.9 Å². The maximum absolute atomic E-state index is 13.0. The Morgan fingerprint density at radius 2 is 1.96 bits per heavy atom. The number of guanidine groups is 1. The molecule has 3 rings (SSSR count). The molecule has 1 aliphatic carbocycles. The standard InChI is InChI=1S/C20H27F3N4.HI/c1-24-19(26-17-8-5-7-16(13-17)20(21,22)23)25-14-15-6-4-9-18(12-15)27-10-2-3-11-27;/h2-4,6,9,12,16-17H,5,7-8,10-11,13-14H2,1H3,(H2,24,25,26);1H. The van der Waals surface area contributed by atoms with Crippen molar-refractivity contribution < 1.29 is 13.2 Å². The van der Waals surface area contributed by atoms with Gasteiger partial charge in [0, 0.05) is 38.4 Å². The molecule has 2 N–H and O–H groups in total. The summed E-state index contributed by atoms with van der Waals surface area (Å²) >= 11 is 0. The highest BCUT2D eigenvalue weighted by molar-refractivity contribution is 14.0. The second-order valence-corrected chi connectivity index (χ2v) is 7.22. The molecule has 2 atom stereocenters. The Morgan fingerprint density at radius 3 is 2.64 bits per heavy atom. The summed E-state index contributed by atoms with van der Waals surface area (Å²) in [6, 6.07) is 8.08. The van der Waals surface area contributed by atoms with E-state index in [1.807, 2.05) is 12.1 Å². The molecule has 0 aromatic heterocycles. The lowest BCUT2D eigenvalue weighted by atomic mass is 9.85. The lowest BCUT2D eigenvalue weighted by molar-refractivity contribution is -0.183. The van der Waals surface area contributed by atoms with Crippen LogP contribution in [0, 0.1) is 5.92 Å². The second-order valence-electron chi connectivity index (χ2n) is 7.22. The minimum atomic E-state index is -4.11. The maximum Gasteiger partial charge on any atom is 0.391 e. The Balaban J connectivity index is 0.00000280. The molecule has 8 heteroatoms. The largest absolute Gasteiger partial charge is 0.391 e. The zero-order valence-corrected chi connectivity index (χ0v) is 18.3. The molecule has 1 heterocycles. The first-order chi connectivity index (χ1) is 13.0. The van der Waals surface area contributed by atoms with Gasteiger partial charge in [-0.1, -0.05) is 30.7 Å². The van der Waals surface area contributed by atoms with Crippen LogP contribution in [0.2, 0.25) is 0 Å². The summed E-state index contributed by atoms with van der Waals surface area (Å²) in [6.07, 6.45) is 1.86. The number of aliphatic imine (C=N–C) groups is 1. The zero-order chi connectivity index (χ0) is 19.3.